The number of hydrogen-bond acceptors (Lipinski definition) is 8. The molecule has 2 aliphatic rings. The molecule has 2 aliphatic heterocycles. The number of halogens is 3. The molecule has 4 heterocycles. The molecule has 2 N–H and O–H groups in total. The number of carbonyl (C=O) groups excluding carboxylic acids is 3. The first-order valence-electron chi connectivity index (χ1n) is 10.3. The van der Waals surface area contributed by atoms with Crippen molar-refractivity contribution >= 4 is 40.8 Å². The highest BCUT2D eigenvalue weighted by Gasteiger charge is 2.33. The summed E-state index contributed by atoms with van der Waals surface area (Å²) in [6.07, 6.45) is -0.0726. The van der Waals surface area contributed by atoms with Crippen LogP contribution in [0, 0.1) is 5.92 Å². The van der Waals surface area contributed by atoms with Crippen LogP contribution in [0.25, 0.3) is 6.08 Å². The van der Waals surface area contributed by atoms with Gasteiger partial charge in [-0.1, -0.05) is 6.07 Å². The minimum absolute atomic E-state index is 0.140. The number of piperidine rings is 1. The zero-order valence-electron chi connectivity index (χ0n) is 17.6. The van der Waals surface area contributed by atoms with Gasteiger partial charge in [0.1, 0.15) is 11.4 Å². The second-order valence-electron chi connectivity index (χ2n) is 7.68. The normalized spacial score (nSPS) is 18.3. The Labute approximate surface area is 196 Å². The van der Waals surface area contributed by atoms with Crippen molar-refractivity contribution in [2.45, 2.75) is 19.0 Å². The SMILES string of the molecule is O=C1NC(=O)/C(=C/c2ccnc(N3CCC(CNC(=O)c4cccc(C(F)(F)F)n4)CC3)n2)S1. The van der Waals surface area contributed by atoms with Gasteiger partial charge >= 0.3 is 6.18 Å². The molecule has 0 aliphatic carbocycles. The first kappa shape index (κ1) is 23.7. The van der Waals surface area contributed by atoms with E-state index in [-0.39, 0.29) is 16.5 Å². The van der Waals surface area contributed by atoms with E-state index >= 15 is 0 Å². The van der Waals surface area contributed by atoms with Crippen molar-refractivity contribution in [1.29, 1.82) is 0 Å². The third kappa shape index (κ3) is 5.71. The summed E-state index contributed by atoms with van der Waals surface area (Å²) in [5.74, 6) is -0.483. The van der Waals surface area contributed by atoms with Gasteiger partial charge in [0.05, 0.1) is 10.6 Å². The predicted octanol–water partition coefficient (Wildman–Crippen LogP) is 2.86. The monoisotopic (exact) mass is 492 g/mol. The maximum Gasteiger partial charge on any atom is 0.433 e. The fourth-order valence-electron chi connectivity index (χ4n) is 3.53. The second-order valence-corrected chi connectivity index (χ2v) is 8.69. The van der Waals surface area contributed by atoms with E-state index in [1.807, 2.05) is 4.90 Å². The molecule has 13 heteroatoms. The Morgan fingerprint density at radius 3 is 2.65 bits per heavy atom. The molecule has 2 fully saturated rings. The molecule has 3 amide bonds. The number of carbonyl (C=O) groups is 3. The van der Waals surface area contributed by atoms with Crippen LogP contribution in [0.15, 0.2) is 35.4 Å². The lowest BCUT2D eigenvalue weighted by Crippen LogP contribution is -2.39. The second kappa shape index (κ2) is 9.79. The fraction of sp³-hybridized carbons (Fsp3) is 0.333. The van der Waals surface area contributed by atoms with E-state index in [4.69, 9.17) is 0 Å². The van der Waals surface area contributed by atoms with Crippen LogP contribution in [0.2, 0.25) is 0 Å². The molecule has 0 aromatic carbocycles. The Kier molecular flexibility index (Phi) is 6.82. The molecular formula is C21H19F3N6O3S. The van der Waals surface area contributed by atoms with Crippen molar-refractivity contribution in [2.24, 2.45) is 5.92 Å². The van der Waals surface area contributed by atoms with Gasteiger partial charge in [0, 0.05) is 25.8 Å². The Hall–Kier alpha value is -3.48. The summed E-state index contributed by atoms with van der Waals surface area (Å²) >= 11 is 0.811. The van der Waals surface area contributed by atoms with E-state index < -0.39 is 28.9 Å². The summed E-state index contributed by atoms with van der Waals surface area (Å²) in [6.45, 7) is 1.56. The molecule has 0 atom stereocenters. The van der Waals surface area contributed by atoms with Crippen LogP contribution in [0.3, 0.4) is 0 Å². The zero-order chi connectivity index (χ0) is 24.3. The van der Waals surface area contributed by atoms with Crippen LogP contribution >= 0.6 is 11.8 Å². The van der Waals surface area contributed by atoms with Gasteiger partial charge in [-0.3, -0.25) is 19.7 Å². The number of thioether (sulfide) groups is 1. The van der Waals surface area contributed by atoms with Crippen LogP contribution in [0.5, 0.6) is 0 Å². The Morgan fingerprint density at radius 2 is 1.97 bits per heavy atom. The molecule has 178 valence electrons. The number of pyridine rings is 1. The highest BCUT2D eigenvalue weighted by molar-refractivity contribution is 8.18. The van der Waals surface area contributed by atoms with E-state index in [0.717, 1.165) is 36.7 Å². The fourth-order valence-corrected chi connectivity index (χ4v) is 4.20. The van der Waals surface area contributed by atoms with Gasteiger partial charge < -0.3 is 10.2 Å². The summed E-state index contributed by atoms with van der Waals surface area (Å²) < 4.78 is 38.4. The quantitative estimate of drug-likeness (QED) is 0.612. The molecule has 0 saturated carbocycles. The summed E-state index contributed by atoms with van der Waals surface area (Å²) in [6, 6.07) is 4.86. The zero-order valence-corrected chi connectivity index (χ0v) is 18.4. The van der Waals surface area contributed by atoms with Gasteiger partial charge in [-0.25, -0.2) is 15.0 Å². The molecular weight excluding hydrogens is 473 g/mol. The Balaban J connectivity index is 1.30. The number of anilines is 1. The smallest absolute Gasteiger partial charge is 0.350 e. The maximum atomic E-state index is 12.8. The van der Waals surface area contributed by atoms with Crippen LogP contribution in [0.1, 0.15) is 34.7 Å². The van der Waals surface area contributed by atoms with E-state index in [1.54, 1.807) is 12.3 Å². The lowest BCUT2D eigenvalue weighted by Gasteiger charge is -2.32. The average Bonchev–Trinajstić information content (AvgIpc) is 3.13. The van der Waals surface area contributed by atoms with Crippen molar-refractivity contribution in [3.63, 3.8) is 0 Å². The van der Waals surface area contributed by atoms with E-state index in [1.165, 1.54) is 12.1 Å². The van der Waals surface area contributed by atoms with Crippen LogP contribution in [0.4, 0.5) is 23.9 Å². The number of nitrogens with zero attached hydrogens (tertiary/aromatic N) is 4. The summed E-state index contributed by atoms with van der Waals surface area (Å²) in [5, 5.41) is 4.43. The molecule has 0 bridgehead atoms. The third-order valence-electron chi connectivity index (χ3n) is 5.31. The van der Waals surface area contributed by atoms with Crippen molar-refractivity contribution < 1.29 is 27.6 Å². The van der Waals surface area contributed by atoms with Gasteiger partial charge in [0.2, 0.25) is 5.95 Å². The van der Waals surface area contributed by atoms with Crippen molar-refractivity contribution in [3.8, 4) is 0 Å². The summed E-state index contributed by atoms with van der Waals surface area (Å²) in [5.41, 5.74) is -0.882. The number of rotatable bonds is 5. The standard InChI is InChI=1S/C21H19F3N6O3S/c22-21(23,24)16-3-1-2-14(28-16)17(31)26-11-12-5-8-30(9-6-12)19-25-7-4-13(27-19)10-15-18(32)29-20(33)34-15/h1-4,7,10,12H,5-6,8-9,11H2,(H,26,31)(H,29,32,33)/b15-10-. The van der Waals surface area contributed by atoms with Crippen molar-refractivity contribution in [3.05, 3.63) is 52.4 Å². The van der Waals surface area contributed by atoms with E-state index in [0.29, 0.717) is 31.3 Å². The van der Waals surface area contributed by atoms with Crippen LogP contribution < -0.4 is 15.5 Å². The van der Waals surface area contributed by atoms with Gasteiger partial charge in [-0.2, -0.15) is 13.2 Å². The largest absolute Gasteiger partial charge is 0.433 e. The van der Waals surface area contributed by atoms with Gasteiger partial charge in [0.15, 0.2) is 0 Å². The minimum Gasteiger partial charge on any atom is -0.350 e. The number of nitrogens with one attached hydrogen (secondary N) is 2. The number of amides is 3. The molecule has 34 heavy (non-hydrogen) atoms. The third-order valence-corrected chi connectivity index (χ3v) is 6.12. The number of hydrogen-bond donors (Lipinski definition) is 2. The maximum absolute atomic E-state index is 12.8. The first-order valence-corrected chi connectivity index (χ1v) is 11.2. The highest BCUT2D eigenvalue weighted by atomic mass is 32.2. The molecule has 2 aromatic rings. The lowest BCUT2D eigenvalue weighted by atomic mass is 9.97. The van der Waals surface area contributed by atoms with Gasteiger partial charge in [-0.05, 0) is 54.8 Å². The topological polar surface area (TPSA) is 117 Å². The van der Waals surface area contributed by atoms with Crippen LogP contribution in [-0.2, 0) is 11.0 Å². The van der Waals surface area contributed by atoms with Crippen molar-refractivity contribution in [2.75, 3.05) is 24.5 Å². The van der Waals surface area contributed by atoms with Gasteiger partial charge in [-0.15, -0.1) is 0 Å². The Morgan fingerprint density at radius 1 is 1.21 bits per heavy atom. The molecule has 9 nitrogen and oxygen atoms in total. The molecule has 2 aromatic heterocycles. The first-order chi connectivity index (χ1) is 16.2. The molecule has 0 spiro atoms. The van der Waals surface area contributed by atoms with Crippen molar-refractivity contribution in [1.82, 2.24) is 25.6 Å². The highest BCUT2D eigenvalue weighted by Crippen LogP contribution is 2.28. The molecule has 0 unspecified atom stereocenters. The van der Waals surface area contributed by atoms with Crippen LogP contribution in [-0.4, -0.2) is 51.6 Å². The van der Waals surface area contributed by atoms with E-state index in [2.05, 4.69) is 25.6 Å². The summed E-state index contributed by atoms with van der Waals surface area (Å²) in [4.78, 5) is 49.6. The van der Waals surface area contributed by atoms with Gasteiger partial charge in [0.25, 0.3) is 17.1 Å². The van der Waals surface area contributed by atoms with E-state index in [9.17, 15) is 27.6 Å². The molecule has 2 saturated heterocycles. The predicted molar refractivity (Wildman–Crippen MR) is 118 cm³/mol. The minimum atomic E-state index is -4.61. The average molecular weight is 492 g/mol. The molecule has 0 radical (unpaired) electrons. The molecule has 4 rings (SSSR count). The number of aromatic nitrogens is 3. The lowest BCUT2D eigenvalue weighted by molar-refractivity contribution is -0.141. The summed E-state index contributed by atoms with van der Waals surface area (Å²) in [7, 11) is 0. The number of imide groups is 1. The number of alkyl halides is 3. The Bertz CT molecular complexity index is 1150.